The van der Waals surface area contributed by atoms with Crippen LogP contribution in [0.15, 0.2) is 12.2 Å². The van der Waals surface area contributed by atoms with Crippen molar-refractivity contribution >= 4 is 11.9 Å². The molecule has 0 aliphatic heterocycles. The van der Waals surface area contributed by atoms with Gasteiger partial charge >= 0.3 is 5.97 Å². The first kappa shape index (κ1) is 13.6. The molecule has 0 aromatic carbocycles. The van der Waals surface area contributed by atoms with E-state index in [-0.39, 0.29) is 17.7 Å². The van der Waals surface area contributed by atoms with Gasteiger partial charge in [-0.15, -0.1) is 0 Å². The number of carbonyl (C=O) groups is 2. The zero-order valence-corrected chi connectivity index (χ0v) is 10.7. The number of nitriles is 1. The highest BCUT2D eigenvalue weighted by molar-refractivity contribution is 5.86. The second-order valence-electron chi connectivity index (χ2n) is 5.24. The van der Waals surface area contributed by atoms with Crippen molar-refractivity contribution in [2.24, 2.45) is 23.7 Å². The Morgan fingerprint density at radius 1 is 1.26 bits per heavy atom. The highest BCUT2D eigenvalue weighted by Gasteiger charge is 2.51. The van der Waals surface area contributed by atoms with Crippen molar-refractivity contribution in [3.63, 3.8) is 0 Å². The normalized spacial score (nSPS) is 31.1. The van der Waals surface area contributed by atoms with E-state index in [2.05, 4.69) is 11.4 Å². The van der Waals surface area contributed by atoms with Gasteiger partial charge in [-0.05, 0) is 31.1 Å². The third-order valence-electron chi connectivity index (χ3n) is 4.06. The van der Waals surface area contributed by atoms with E-state index in [0.717, 1.165) is 19.3 Å². The van der Waals surface area contributed by atoms with Gasteiger partial charge in [0.2, 0.25) is 5.91 Å². The number of aliphatic carboxylic acids is 1. The summed E-state index contributed by atoms with van der Waals surface area (Å²) in [6, 6.07) is 2.06. The summed E-state index contributed by atoms with van der Waals surface area (Å²) >= 11 is 0. The molecule has 2 aliphatic rings. The van der Waals surface area contributed by atoms with Gasteiger partial charge in [0.15, 0.2) is 0 Å². The zero-order valence-electron chi connectivity index (χ0n) is 10.7. The number of nitrogens with zero attached hydrogens (tertiary/aromatic N) is 1. The standard InChI is InChI=1S/C14H18N2O3/c15-6-2-1-3-7-16-13(17)11-9-4-5-10(8-9)12(11)14(18)19/h4-5,9-12H,1-3,7-8H2,(H,16,17)(H,18,19). The van der Waals surface area contributed by atoms with Crippen LogP contribution in [0.3, 0.4) is 0 Å². The molecule has 4 atom stereocenters. The maximum Gasteiger partial charge on any atom is 0.307 e. The highest BCUT2D eigenvalue weighted by atomic mass is 16.4. The Morgan fingerprint density at radius 2 is 1.95 bits per heavy atom. The molecule has 5 nitrogen and oxygen atoms in total. The van der Waals surface area contributed by atoms with Crippen LogP contribution in [0.1, 0.15) is 25.7 Å². The van der Waals surface area contributed by atoms with Gasteiger partial charge in [0, 0.05) is 13.0 Å². The minimum atomic E-state index is -0.874. The molecule has 0 radical (unpaired) electrons. The summed E-state index contributed by atoms with van der Waals surface area (Å²) in [7, 11) is 0. The van der Waals surface area contributed by atoms with Crippen LogP contribution in [0.4, 0.5) is 0 Å². The molecule has 2 bridgehead atoms. The maximum atomic E-state index is 12.1. The monoisotopic (exact) mass is 262 g/mol. The molecular formula is C14H18N2O3. The van der Waals surface area contributed by atoms with E-state index in [1.165, 1.54) is 0 Å². The summed E-state index contributed by atoms with van der Waals surface area (Å²) in [6.07, 6.45) is 6.70. The number of carboxylic acids is 1. The van der Waals surface area contributed by atoms with Crippen molar-refractivity contribution in [1.82, 2.24) is 5.32 Å². The first-order chi connectivity index (χ1) is 9.15. The van der Waals surface area contributed by atoms with Gasteiger partial charge in [-0.25, -0.2) is 0 Å². The molecule has 0 aromatic heterocycles. The predicted molar refractivity (Wildman–Crippen MR) is 67.8 cm³/mol. The Labute approximate surface area is 112 Å². The Kier molecular flexibility index (Phi) is 4.20. The van der Waals surface area contributed by atoms with E-state index >= 15 is 0 Å². The number of allylic oxidation sites excluding steroid dienone is 2. The molecule has 2 aliphatic carbocycles. The molecule has 1 amide bonds. The third kappa shape index (κ3) is 2.78. The molecule has 1 saturated carbocycles. The van der Waals surface area contributed by atoms with E-state index in [1.807, 2.05) is 12.2 Å². The number of unbranched alkanes of at least 4 members (excludes halogenated alkanes) is 2. The minimum absolute atomic E-state index is 0.0110. The smallest absolute Gasteiger partial charge is 0.307 e. The van der Waals surface area contributed by atoms with Gasteiger partial charge in [-0.3, -0.25) is 9.59 Å². The fourth-order valence-corrected chi connectivity index (χ4v) is 3.17. The number of amides is 1. The number of fused-ring (bicyclic) bond motifs is 2. The maximum absolute atomic E-state index is 12.1. The molecule has 2 rings (SSSR count). The van der Waals surface area contributed by atoms with Crippen LogP contribution >= 0.6 is 0 Å². The number of rotatable bonds is 6. The van der Waals surface area contributed by atoms with E-state index in [9.17, 15) is 14.7 Å². The summed E-state index contributed by atoms with van der Waals surface area (Å²) in [5.41, 5.74) is 0. The Bertz CT molecular complexity index is 438. The van der Waals surface area contributed by atoms with E-state index in [1.54, 1.807) is 0 Å². The predicted octanol–water partition coefficient (Wildman–Crippen LogP) is 1.32. The topological polar surface area (TPSA) is 90.2 Å². The Morgan fingerprint density at radius 3 is 2.58 bits per heavy atom. The first-order valence-electron chi connectivity index (χ1n) is 6.71. The number of nitrogens with one attached hydrogen (secondary N) is 1. The van der Waals surface area contributed by atoms with Gasteiger partial charge in [-0.1, -0.05) is 12.2 Å². The Balaban J connectivity index is 1.86. The number of hydrogen-bond acceptors (Lipinski definition) is 3. The van der Waals surface area contributed by atoms with E-state index in [0.29, 0.717) is 13.0 Å². The van der Waals surface area contributed by atoms with Gasteiger partial charge in [0.05, 0.1) is 17.9 Å². The lowest BCUT2D eigenvalue weighted by atomic mass is 9.82. The molecule has 4 unspecified atom stereocenters. The van der Waals surface area contributed by atoms with Gasteiger partial charge < -0.3 is 10.4 Å². The van der Waals surface area contributed by atoms with Crippen LogP contribution in [0, 0.1) is 35.0 Å². The van der Waals surface area contributed by atoms with Crippen LogP contribution in [0.5, 0.6) is 0 Å². The molecule has 0 heterocycles. The molecule has 0 saturated heterocycles. The molecule has 19 heavy (non-hydrogen) atoms. The van der Waals surface area contributed by atoms with Crippen LogP contribution in [-0.4, -0.2) is 23.5 Å². The zero-order chi connectivity index (χ0) is 13.8. The van der Waals surface area contributed by atoms with Crippen molar-refractivity contribution < 1.29 is 14.7 Å². The van der Waals surface area contributed by atoms with Crippen molar-refractivity contribution in [1.29, 1.82) is 5.26 Å². The lowest BCUT2D eigenvalue weighted by Gasteiger charge is -2.23. The van der Waals surface area contributed by atoms with Crippen molar-refractivity contribution in [2.45, 2.75) is 25.7 Å². The van der Waals surface area contributed by atoms with Crippen LogP contribution in [-0.2, 0) is 9.59 Å². The molecule has 0 aromatic rings. The van der Waals surface area contributed by atoms with Crippen molar-refractivity contribution in [3.05, 3.63) is 12.2 Å². The Hall–Kier alpha value is -1.83. The van der Waals surface area contributed by atoms with Gasteiger partial charge in [-0.2, -0.15) is 5.26 Å². The number of carboxylic acid groups (broad SMARTS) is 1. The first-order valence-corrected chi connectivity index (χ1v) is 6.71. The average Bonchev–Trinajstić information content (AvgIpc) is 2.98. The van der Waals surface area contributed by atoms with Crippen LogP contribution in [0.2, 0.25) is 0 Å². The molecule has 102 valence electrons. The van der Waals surface area contributed by atoms with Crippen LogP contribution in [0.25, 0.3) is 0 Å². The second kappa shape index (κ2) is 5.87. The third-order valence-corrected chi connectivity index (χ3v) is 4.06. The lowest BCUT2D eigenvalue weighted by molar-refractivity contribution is -0.147. The fraction of sp³-hybridized carbons (Fsp3) is 0.643. The summed E-state index contributed by atoms with van der Waals surface area (Å²) in [6.45, 7) is 0.518. The fourth-order valence-electron chi connectivity index (χ4n) is 3.17. The number of carbonyl (C=O) groups excluding carboxylic acids is 1. The molecule has 2 N–H and O–H groups in total. The summed E-state index contributed by atoms with van der Waals surface area (Å²) < 4.78 is 0. The van der Waals surface area contributed by atoms with Crippen molar-refractivity contribution in [3.8, 4) is 6.07 Å². The van der Waals surface area contributed by atoms with Gasteiger partial charge in [0.25, 0.3) is 0 Å². The molecule has 5 heteroatoms. The van der Waals surface area contributed by atoms with E-state index in [4.69, 9.17) is 5.26 Å². The van der Waals surface area contributed by atoms with E-state index < -0.39 is 17.8 Å². The largest absolute Gasteiger partial charge is 0.481 e. The average molecular weight is 262 g/mol. The van der Waals surface area contributed by atoms with Gasteiger partial charge in [0.1, 0.15) is 0 Å². The molecule has 0 spiro atoms. The summed E-state index contributed by atoms with van der Waals surface area (Å²) in [4.78, 5) is 23.4. The van der Waals surface area contributed by atoms with Crippen LogP contribution < -0.4 is 5.32 Å². The SMILES string of the molecule is N#CCCCCNC(=O)C1C2C=CC(C2)C1C(=O)O. The summed E-state index contributed by atoms with van der Waals surface area (Å²) in [5.74, 6) is -1.94. The number of hydrogen-bond donors (Lipinski definition) is 2. The van der Waals surface area contributed by atoms with Crippen molar-refractivity contribution in [2.75, 3.05) is 6.54 Å². The second-order valence-corrected chi connectivity index (χ2v) is 5.24. The highest BCUT2D eigenvalue weighted by Crippen LogP contribution is 2.48. The minimum Gasteiger partial charge on any atom is -0.481 e. The quantitative estimate of drug-likeness (QED) is 0.558. The molecular weight excluding hydrogens is 244 g/mol. The lowest BCUT2D eigenvalue weighted by Crippen LogP contribution is -2.40. The summed E-state index contributed by atoms with van der Waals surface area (Å²) in [5, 5.41) is 20.5. The molecule has 1 fully saturated rings.